The summed E-state index contributed by atoms with van der Waals surface area (Å²) in [7, 11) is 1.77. The summed E-state index contributed by atoms with van der Waals surface area (Å²) in [5.41, 5.74) is 3.25. The second-order valence-electron chi connectivity index (χ2n) is 7.84. The van der Waals surface area contributed by atoms with E-state index in [1.807, 2.05) is 43.3 Å². The Morgan fingerprint density at radius 2 is 2.00 bits per heavy atom. The lowest BCUT2D eigenvalue weighted by atomic mass is 9.85. The van der Waals surface area contributed by atoms with Gasteiger partial charge in [0, 0.05) is 36.9 Å². The third kappa shape index (κ3) is 3.39. The lowest BCUT2D eigenvalue weighted by molar-refractivity contribution is -0.125. The molecule has 1 amide bonds. The van der Waals surface area contributed by atoms with Gasteiger partial charge in [0.25, 0.3) is 5.56 Å². The summed E-state index contributed by atoms with van der Waals surface area (Å²) < 4.78 is 1.64. The van der Waals surface area contributed by atoms with Gasteiger partial charge in [0.2, 0.25) is 5.91 Å². The highest BCUT2D eigenvalue weighted by Crippen LogP contribution is 2.39. The first kappa shape index (κ1) is 20.2. The highest BCUT2D eigenvalue weighted by atomic mass is 35.5. The lowest BCUT2D eigenvalue weighted by Crippen LogP contribution is -2.40. The van der Waals surface area contributed by atoms with Gasteiger partial charge in [-0.2, -0.15) is 0 Å². The van der Waals surface area contributed by atoms with E-state index in [4.69, 9.17) is 11.6 Å². The van der Waals surface area contributed by atoms with Gasteiger partial charge in [-0.25, -0.2) is 0 Å². The Labute approximate surface area is 180 Å². The number of carbonyl (C=O) groups excluding carboxylic acids is 1. The predicted molar refractivity (Wildman–Crippen MR) is 122 cm³/mol. The third-order valence-electron chi connectivity index (χ3n) is 6.05. The van der Waals surface area contributed by atoms with E-state index >= 15 is 0 Å². The number of carbonyl (C=O) groups is 1. The Hall–Kier alpha value is -3.05. The molecular formula is C24H24ClN3O2. The number of aryl methyl sites for hydroxylation is 1. The van der Waals surface area contributed by atoms with E-state index in [1.54, 1.807) is 22.6 Å². The van der Waals surface area contributed by atoms with Gasteiger partial charge in [-0.1, -0.05) is 36.4 Å². The number of benzene rings is 2. The largest absolute Gasteiger partial charge is 0.374 e. The van der Waals surface area contributed by atoms with Gasteiger partial charge in [-0.15, -0.1) is 0 Å². The van der Waals surface area contributed by atoms with Gasteiger partial charge in [-0.3, -0.25) is 9.59 Å². The number of nitrogens with one attached hydrogen (secondary N) is 1. The highest BCUT2D eigenvalue weighted by molar-refractivity contribution is 6.31. The predicted octanol–water partition coefficient (Wildman–Crippen LogP) is 4.23. The Morgan fingerprint density at radius 1 is 1.23 bits per heavy atom. The number of halogens is 1. The fourth-order valence-electron chi connectivity index (χ4n) is 4.36. The van der Waals surface area contributed by atoms with Crippen LogP contribution < -0.4 is 10.9 Å². The van der Waals surface area contributed by atoms with Gasteiger partial charge < -0.3 is 14.8 Å². The maximum Gasteiger partial charge on any atom is 0.250 e. The summed E-state index contributed by atoms with van der Waals surface area (Å²) in [4.78, 5) is 26.2. The Morgan fingerprint density at radius 3 is 2.77 bits per heavy atom. The first-order chi connectivity index (χ1) is 14.3. The van der Waals surface area contributed by atoms with E-state index in [9.17, 15) is 9.59 Å². The number of rotatable bonds is 4. The van der Waals surface area contributed by atoms with Crippen molar-refractivity contribution in [1.29, 1.82) is 0 Å². The number of anilines is 1. The number of pyridine rings is 1. The van der Waals surface area contributed by atoms with Crippen LogP contribution in [0.4, 0.5) is 5.69 Å². The van der Waals surface area contributed by atoms with Crippen LogP contribution in [0, 0.1) is 6.92 Å². The Bertz CT molecular complexity index is 1220. The molecule has 5 nitrogen and oxygen atoms in total. The van der Waals surface area contributed by atoms with Crippen molar-refractivity contribution < 1.29 is 4.79 Å². The molecule has 154 valence electrons. The van der Waals surface area contributed by atoms with Crippen LogP contribution in [0.1, 0.15) is 17.5 Å². The van der Waals surface area contributed by atoms with Gasteiger partial charge in [0.1, 0.15) is 0 Å². The Kier molecular flexibility index (Phi) is 5.16. The minimum Gasteiger partial charge on any atom is -0.374 e. The number of hydrogen-bond donors (Lipinski definition) is 1. The van der Waals surface area contributed by atoms with Crippen LogP contribution in [0.2, 0.25) is 5.02 Å². The lowest BCUT2D eigenvalue weighted by Gasteiger charge is -2.34. The fourth-order valence-corrected chi connectivity index (χ4v) is 4.54. The summed E-state index contributed by atoms with van der Waals surface area (Å²) in [6.45, 7) is 6.76. The van der Waals surface area contributed by atoms with E-state index in [1.165, 1.54) is 6.08 Å². The van der Waals surface area contributed by atoms with Crippen LogP contribution in [0.5, 0.6) is 0 Å². The molecule has 0 radical (unpaired) electrons. The number of hydrogen-bond acceptors (Lipinski definition) is 3. The second-order valence-corrected chi connectivity index (χ2v) is 8.24. The molecule has 1 fully saturated rings. The molecule has 1 N–H and O–H groups in total. The molecule has 0 saturated carbocycles. The fraction of sp³-hybridized carbons (Fsp3) is 0.250. The van der Waals surface area contributed by atoms with Gasteiger partial charge >= 0.3 is 0 Å². The number of fused-ring (bicyclic) bond motifs is 1. The molecular weight excluding hydrogens is 398 g/mol. The molecule has 0 spiro atoms. The van der Waals surface area contributed by atoms with E-state index in [0.717, 1.165) is 34.1 Å². The summed E-state index contributed by atoms with van der Waals surface area (Å²) >= 11 is 6.44. The van der Waals surface area contributed by atoms with Gasteiger partial charge in [0.05, 0.1) is 11.1 Å². The molecule has 4 rings (SSSR count). The van der Waals surface area contributed by atoms with E-state index in [2.05, 4.69) is 18.0 Å². The van der Waals surface area contributed by atoms with Crippen molar-refractivity contribution in [2.24, 2.45) is 7.05 Å². The smallest absolute Gasteiger partial charge is 0.250 e. The van der Waals surface area contributed by atoms with Crippen molar-refractivity contribution in [2.45, 2.75) is 18.9 Å². The summed E-state index contributed by atoms with van der Waals surface area (Å²) in [5, 5.41) is 5.37. The van der Waals surface area contributed by atoms with Crippen molar-refractivity contribution in [1.82, 2.24) is 9.47 Å². The first-order valence-corrected chi connectivity index (χ1v) is 10.3. The van der Waals surface area contributed by atoms with Crippen molar-refractivity contribution >= 4 is 34.1 Å². The van der Waals surface area contributed by atoms with E-state index in [0.29, 0.717) is 18.1 Å². The van der Waals surface area contributed by atoms with E-state index < -0.39 is 5.54 Å². The van der Waals surface area contributed by atoms with Crippen LogP contribution in [-0.2, 0) is 17.4 Å². The van der Waals surface area contributed by atoms with Crippen LogP contribution in [-0.4, -0.2) is 28.5 Å². The maximum atomic E-state index is 12.3. The second kappa shape index (κ2) is 7.65. The molecule has 1 atom stereocenters. The van der Waals surface area contributed by atoms with Crippen LogP contribution >= 0.6 is 11.6 Å². The standard InChI is InChI=1S/C24H24ClN3O2/c1-4-22(29)28-13-12-24(15-28,19-6-5-7-20(25)16(19)2)26-18-10-8-17-9-11-23(30)27(3)21(17)14-18/h4-11,14,26H,1,12-13,15H2,2-3H3/t24-/m1/s1. The third-order valence-corrected chi connectivity index (χ3v) is 6.46. The molecule has 6 heteroatoms. The van der Waals surface area contributed by atoms with Crippen molar-refractivity contribution in [3.05, 3.63) is 87.7 Å². The quantitative estimate of drug-likeness (QED) is 0.641. The normalized spacial score (nSPS) is 18.6. The molecule has 0 bridgehead atoms. The summed E-state index contributed by atoms with van der Waals surface area (Å²) in [6.07, 6.45) is 2.09. The summed E-state index contributed by atoms with van der Waals surface area (Å²) in [6, 6.07) is 15.3. The van der Waals surface area contributed by atoms with Gasteiger partial charge in [0.15, 0.2) is 0 Å². The zero-order valence-corrected chi connectivity index (χ0v) is 17.9. The zero-order chi connectivity index (χ0) is 21.5. The number of amides is 1. The van der Waals surface area contributed by atoms with Crippen LogP contribution in [0.3, 0.4) is 0 Å². The van der Waals surface area contributed by atoms with Crippen LogP contribution in [0.15, 0.2) is 66.0 Å². The van der Waals surface area contributed by atoms with Crippen molar-refractivity contribution in [3.8, 4) is 0 Å². The van der Waals surface area contributed by atoms with Crippen molar-refractivity contribution in [2.75, 3.05) is 18.4 Å². The molecule has 1 aliphatic rings. The molecule has 1 aromatic heterocycles. The number of aromatic nitrogens is 1. The van der Waals surface area contributed by atoms with Crippen molar-refractivity contribution in [3.63, 3.8) is 0 Å². The average molecular weight is 422 g/mol. The number of nitrogens with zero attached hydrogens (tertiary/aromatic N) is 2. The molecule has 0 aliphatic carbocycles. The average Bonchev–Trinajstić information content (AvgIpc) is 3.17. The molecule has 1 aliphatic heterocycles. The monoisotopic (exact) mass is 421 g/mol. The van der Waals surface area contributed by atoms with Crippen LogP contribution in [0.25, 0.3) is 10.9 Å². The molecule has 30 heavy (non-hydrogen) atoms. The summed E-state index contributed by atoms with van der Waals surface area (Å²) in [5.74, 6) is -0.0840. The zero-order valence-electron chi connectivity index (χ0n) is 17.1. The van der Waals surface area contributed by atoms with Gasteiger partial charge in [-0.05, 0) is 60.2 Å². The van der Waals surface area contributed by atoms with E-state index in [-0.39, 0.29) is 11.5 Å². The molecule has 1 saturated heterocycles. The minimum absolute atomic E-state index is 0.0522. The minimum atomic E-state index is -0.491. The molecule has 0 unspecified atom stereocenters. The number of likely N-dealkylation sites (tertiary alicyclic amines) is 1. The molecule has 3 aromatic rings. The highest BCUT2D eigenvalue weighted by Gasteiger charge is 2.42. The molecule has 2 aromatic carbocycles. The molecule has 2 heterocycles. The topological polar surface area (TPSA) is 54.3 Å². The Balaban J connectivity index is 1.81. The first-order valence-electron chi connectivity index (χ1n) is 9.89. The SMILES string of the molecule is C=CC(=O)N1CC[C@](Nc2ccc3ccc(=O)n(C)c3c2)(c2cccc(Cl)c2C)C1. The maximum absolute atomic E-state index is 12.3.